The highest BCUT2D eigenvalue weighted by Crippen LogP contribution is 2.36. The van der Waals surface area contributed by atoms with Gasteiger partial charge in [-0.15, -0.1) is 0 Å². The van der Waals surface area contributed by atoms with E-state index < -0.39 is 11.7 Å². The predicted molar refractivity (Wildman–Crippen MR) is 56.4 cm³/mol. The molecule has 84 valence electrons. The molecule has 0 fully saturated rings. The van der Waals surface area contributed by atoms with E-state index in [-0.39, 0.29) is 10.5 Å². The van der Waals surface area contributed by atoms with Crippen molar-refractivity contribution < 1.29 is 13.2 Å². The molecule has 15 heavy (non-hydrogen) atoms. The van der Waals surface area contributed by atoms with E-state index in [2.05, 4.69) is 15.9 Å². The lowest BCUT2D eigenvalue weighted by Crippen LogP contribution is -2.12. The maximum absolute atomic E-state index is 12.5. The molecule has 0 spiro atoms. The van der Waals surface area contributed by atoms with Crippen molar-refractivity contribution in [1.82, 2.24) is 0 Å². The van der Waals surface area contributed by atoms with E-state index >= 15 is 0 Å². The second-order valence-electron chi connectivity index (χ2n) is 3.25. The largest absolute Gasteiger partial charge is 0.417 e. The number of nitrogens with two attached hydrogens (primary N) is 1. The van der Waals surface area contributed by atoms with Crippen LogP contribution in [-0.4, -0.2) is 0 Å². The van der Waals surface area contributed by atoms with Crippen molar-refractivity contribution in [3.05, 3.63) is 33.8 Å². The van der Waals surface area contributed by atoms with Gasteiger partial charge in [0.15, 0.2) is 0 Å². The normalized spacial score (nSPS) is 14.0. The molecule has 1 atom stereocenters. The van der Waals surface area contributed by atoms with Gasteiger partial charge in [0.1, 0.15) is 0 Å². The Balaban J connectivity index is 3.17. The average Bonchev–Trinajstić information content (AvgIpc) is 2.15. The van der Waals surface area contributed by atoms with Crippen LogP contribution in [0.1, 0.15) is 30.5 Å². The van der Waals surface area contributed by atoms with Gasteiger partial charge in [-0.05, 0) is 24.1 Å². The zero-order valence-corrected chi connectivity index (χ0v) is 9.69. The van der Waals surface area contributed by atoms with E-state index in [1.165, 1.54) is 6.07 Å². The minimum Gasteiger partial charge on any atom is -0.324 e. The van der Waals surface area contributed by atoms with Crippen LogP contribution in [0.25, 0.3) is 0 Å². The second kappa shape index (κ2) is 4.53. The maximum Gasteiger partial charge on any atom is 0.417 e. The quantitative estimate of drug-likeness (QED) is 0.875. The standard InChI is InChI=1S/C10H11BrF3N/c1-2-9(15)6-3-4-8(11)7(5-6)10(12,13)14/h3-5,9H,2,15H2,1H3. The molecule has 0 aliphatic heterocycles. The summed E-state index contributed by atoms with van der Waals surface area (Å²) in [5, 5.41) is 0. The summed E-state index contributed by atoms with van der Waals surface area (Å²) < 4.78 is 37.6. The van der Waals surface area contributed by atoms with Crippen molar-refractivity contribution in [3.63, 3.8) is 0 Å². The topological polar surface area (TPSA) is 26.0 Å². The first-order valence-electron chi connectivity index (χ1n) is 4.48. The van der Waals surface area contributed by atoms with Crippen LogP contribution in [0, 0.1) is 0 Å². The monoisotopic (exact) mass is 281 g/mol. The molecule has 1 aromatic carbocycles. The van der Waals surface area contributed by atoms with Gasteiger partial charge in [-0.25, -0.2) is 0 Å². The van der Waals surface area contributed by atoms with Crippen LogP contribution in [0.5, 0.6) is 0 Å². The minimum atomic E-state index is -4.34. The summed E-state index contributed by atoms with van der Waals surface area (Å²) in [7, 11) is 0. The molecule has 0 aliphatic rings. The Morgan fingerprint density at radius 3 is 2.47 bits per heavy atom. The Hall–Kier alpha value is -0.550. The first kappa shape index (κ1) is 12.5. The van der Waals surface area contributed by atoms with Crippen LogP contribution in [-0.2, 0) is 6.18 Å². The van der Waals surface area contributed by atoms with Crippen molar-refractivity contribution in [1.29, 1.82) is 0 Å². The highest BCUT2D eigenvalue weighted by Gasteiger charge is 2.33. The zero-order valence-electron chi connectivity index (χ0n) is 8.11. The fraction of sp³-hybridized carbons (Fsp3) is 0.400. The van der Waals surface area contributed by atoms with E-state index in [4.69, 9.17) is 5.73 Å². The zero-order chi connectivity index (χ0) is 11.6. The molecule has 0 aliphatic carbocycles. The Morgan fingerprint density at radius 2 is 2.00 bits per heavy atom. The number of hydrogen-bond donors (Lipinski definition) is 1. The van der Waals surface area contributed by atoms with Gasteiger partial charge >= 0.3 is 6.18 Å². The predicted octanol–water partition coefficient (Wildman–Crippen LogP) is 3.88. The first-order chi connectivity index (χ1) is 6.86. The third-order valence-electron chi connectivity index (χ3n) is 2.16. The van der Waals surface area contributed by atoms with Crippen molar-refractivity contribution in [3.8, 4) is 0 Å². The van der Waals surface area contributed by atoms with Crippen LogP contribution in [0.3, 0.4) is 0 Å². The van der Waals surface area contributed by atoms with Gasteiger partial charge in [-0.2, -0.15) is 13.2 Å². The molecule has 5 heteroatoms. The van der Waals surface area contributed by atoms with Crippen molar-refractivity contribution >= 4 is 15.9 Å². The Morgan fingerprint density at radius 1 is 1.40 bits per heavy atom. The summed E-state index contributed by atoms with van der Waals surface area (Å²) in [6, 6.07) is 3.73. The maximum atomic E-state index is 12.5. The van der Waals surface area contributed by atoms with E-state index in [1.54, 1.807) is 6.07 Å². The number of rotatable bonds is 2. The highest BCUT2D eigenvalue weighted by molar-refractivity contribution is 9.10. The SMILES string of the molecule is CCC(N)c1ccc(Br)c(C(F)(F)F)c1. The molecular weight excluding hydrogens is 271 g/mol. The van der Waals surface area contributed by atoms with Gasteiger partial charge in [-0.3, -0.25) is 0 Å². The van der Waals surface area contributed by atoms with E-state index in [0.29, 0.717) is 12.0 Å². The lowest BCUT2D eigenvalue weighted by molar-refractivity contribution is -0.138. The van der Waals surface area contributed by atoms with Crippen LogP contribution >= 0.6 is 15.9 Å². The molecule has 1 nitrogen and oxygen atoms in total. The fourth-order valence-corrected chi connectivity index (χ4v) is 1.70. The third-order valence-corrected chi connectivity index (χ3v) is 2.86. The Bertz CT molecular complexity index is 349. The molecule has 0 saturated carbocycles. The molecule has 2 N–H and O–H groups in total. The molecule has 1 unspecified atom stereocenters. The van der Waals surface area contributed by atoms with Gasteiger partial charge in [-0.1, -0.05) is 28.9 Å². The molecule has 0 aromatic heterocycles. The molecule has 1 rings (SSSR count). The summed E-state index contributed by atoms with van der Waals surface area (Å²) >= 11 is 2.88. The van der Waals surface area contributed by atoms with E-state index in [1.807, 2.05) is 6.92 Å². The van der Waals surface area contributed by atoms with Crippen molar-refractivity contribution in [2.75, 3.05) is 0 Å². The minimum absolute atomic E-state index is 0.0436. The number of benzene rings is 1. The van der Waals surface area contributed by atoms with Gasteiger partial charge in [0, 0.05) is 10.5 Å². The smallest absolute Gasteiger partial charge is 0.324 e. The molecular formula is C10H11BrF3N. The number of halogens is 4. The number of alkyl halides is 3. The van der Waals surface area contributed by atoms with Crippen LogP contribution < -0.4 is 5.73 Å². The van der Waals surface area contributed by atoms with Crippen LogP contribution in [0.2, 0.25) is 0 Å². The molecule has 1 aromatic rings. The Kier molecular flexibility index (Phi) is 3.78. The summed E-state index contributed by atoms with van der Waals surface area (Å²) in [5.74, 6) is 0. The van der Waals surface area contributed by atoms with Gasteiger partial charge in [0.05, 0.1) is 5.56 Å². The van der Waals surface area contributed by atoms with Crippen molar-refractivity contribution in [2.45, 2.75) is 25.6 Å². The summed E-state index contributed by atoms with van der Waals surface area (Å²) in [4.78, 5) is 0. The van der Waals surface area contributed by atoms with Gasteiger partial charge in [0.2, 0.25) is 0 Å². The summed E-state index contributed by atoms with van der Waals surface area (Å²) in [6.45, 7) is 1.83. The lowest BCUT2D eigenvalue weighted by atomic mass is 10.0. The van der Waals surface area contributed by atoms with Gasteiger partial charge < -0.3 is 5.73 Å². The summed E-state index contributed by atoms with van der Waals surface area (Å²) in [6.07, 6.45) is -3.73. The third kappa shape index (κ3) is 2.95. The molecule has 0 saturated heterocycles. The van der Waals surface area contributed by atoms with E-state index in [0.717, 1.165) is 6.07 Å². The highest BCUT2D eigenvalue weighted by atomic mass is 79.9. The second-order valence-corrected chi connectivity index (χ2v) is 4.11. The summed E-state index contributed by atoms with van der Waals surface area (Å²) in [5.41, 5.74) is 5.50. The molecule has 0 heterocycles. The molecule has 0 amide bonds. The lowest BCUT2D eigenvalue weighted by Gasteiger charge is -2.14. The average molecular weight is 282 g/mol. The van der Waals surface area contributed by atoms with Crippen LogP contribution in [0.15, 0.2) is 22.7 Å². The number of hydrogen-bond acceptors (Lipinski definition) is 1. The van der Waals surface area contributed by atoms with Gasteiger partial charge in [0.25, 0.3) is 0 Å². The first-order valence-corrected chi connectivity index (χ1v) is 5.27. The Labute approximate surface area is 94.6 Å². The molecule has 0 bridgehead atoms. The van der Waals surface area contributed by atoms with Crippen LogP contribution in [0.4, 0.5) is 13.2 Å². The fourth-order valence-electron chi connectivity index (χ4n) is 1.23. The van der Waals surface area contributed by atoms with E-state index in [9.17, 15) is 13.2 Å². The van der Waals surface area contributed by atoms with Crippen molar-refractivity contribution in [2.24, 2.45) is 5.73 Å². The molecule has 0 radical (unpaired) electrons.